The van der Waals surface area contributed by atoms with Gasteiger partial charge in [-0.3, -0.25) is 0 Å². The van der Waals surface area contributed by atoms with E-state index in [0.29, 0.717) is 4.59 Å². The summed E-state index contributed by atoms with van der Waals surface area (Å²) >= 11 is 0. The number of rotatable bonds is 1. The van der Waals surface area contributed by atoms with Gasteiger partial charge < -0.3 is 4.74 Å². The summed E-state index contributed by atoms with van der Waals surface area (Å²) < 4.78 is 9.78. The summed E-state index contributed by atoms with van der Waals surface area (Å²) in [7, 11) is 0. The monoisotopic (exact) mass is 490 g/mol. The summed E-state index contributed by atoms with van der Waals surface area (Å²) in [6.45, 7) is 21.4. The summed E-state index contributed by atoms with van der Waals surface area (Å²) in [4.78, 5) is 0. The van der Waals surface area contributed by atoms with Gasteiger partial charge >= 0.3 is 0 Å². The number of allylic oxidation sites excluding steroid dienone is 4. The van der Waals surface area contributed by atoms with Crippen LogP contribution in [-0.4, -0.2) is 6.54 Å². The van der Waals surface area contributed by atoms with Crippen molar-refractivity contribution in [2.24, 2.45) is 5.41 Å². The molecule has 3 aliphatic rings. The van der Waals surface area contributed by atoms with Gasteiger partial charge in [0.1, 0.15) is 12.1 Å². The van der Waals surface area contributed by atoms with E-state index in [2.05, 4.69) is 127 Å². The predicted molar refractivity (Wildman–Crippen MR) is 154 cm³/mol. The summed E-state index contributed by atoms with van der Waals surface area (Å²) in [6, 6.07) is 17.6. The Morgan fingerprint density at radius 1 is 0.919 bits per heavy atom. The largest absolute Gasteiger partial charge is 0.444 e. The van der Waals surface area contributed by atoms with Crippen molar-refractivity contribution in [3.8, 4) is 22.8 Å². The minimum Gasteiger partial charge on any atom is -0.444 e. The molecule has 0 amide bonds. The van der Waals surface area contributed by atoms with Gasteiger partial charge in [0.2, 0.25) is 11.9 Å². The predicted octanol–water partition coefficient (Wildman–Crippen LogP) is 8.80. The zero-order valence-corrected chi connectivity index (χ0v) is 23.3. The molecule has 3 heteroatoms. The van der Waals surface area contributed by atoms with Crippen LogP contribution in [0.4, 0.5) is 11.4 Å². The Morgan fingerprint density at radius 3 is 2.22 bits per heavy atom. The van der Waals surface area contributed by atoms with Gasteiger partial charge in [-0.2, -0.15) is 0 Å². The standard InChI is InChI=1S/C34H38N2O/c1-22-19-20-36-31-26(25(22)17-15-23(2)33(3,4)5)11-9-13-29(31)37-30-14-10-12-27(32(30)36)28-18-16-24(21-35(28)36)34(6,7)8/h9-18,21H,1,19-20H2,2-8H3/q+2/b23-15+,25-17+. The fraction of sp³-hybridized carbons (Fsp3) is 0.324. The van der Waals surface area contributed by atoms with Gasteiger partial charge in [0.05, 0.1) is 5.56 Å². The molecule has 3 nitrogen and oxygen atoms in total. The molecule has 0 saturated heterocycles. The summed E-state index contributed by atoms with van der Waals surface area (Å²) in [6.07, 6.45) is 7.84. The third kappa shape index (κ3) is 3.40. The van der Waals surface area contributed by atoms with E-state index in [4.69, 9.17) is 4.74 Å². The number of para-hydroxylation sites is 2. The summed E-state index contributed by atoms with van der Waals surface area (Å²) in [5, 5.41) is 0. The number of hydrogen-bond acceptors (Lipinski definition) is 1. The van der Waals surface area contributed by atoms with Crippen LogP contribution >= 0.6 is 0 Å². The van der Waals surface area contributed by atoms with E-state index < -0.39 is 0 Å². The molecule has 1 unspecified atom stereocenters. The van der Waals surface area contributed by atoms with Crippen molar-refractivity contribution >= 4 is 16.9 Å². The van der Waals surface area contributed by atoms with E-state index in [1.54, 1.807) is 0 Å². The highest BCUT2D eigenvalue weighted by Crippen LogP contribution is 2.60. The quantitative estimate of drug-likeness (QED) is 0.245. The SMILES string of the molecule is C=C1CC[N+]23c4c(cccc4/C1=C/C=C(\C)C(C)(C)C)Oc1cccc(c12)-c1ccc(C(C)(C)C)c[n+]13. The smallest absolute Gasteiger partial charge is 0.279 e. The van der Waals surface area contributed by atoms with Crippen molar-refractivity contribution in [3.63, 3.8) is 0 Å². The molecule has 188 valence electrons. The molecule has 0 fully saturated rings. The summed E-state index contributed by atoms with van der Waals surface area (Å²) in [5.74, 6) is 1.88. The highest BCUT2D eigenvalue weighted by Gasteiger charge is 2.61. The normalized spacial score (nSPS) is 21.2. The highest BCUT2D eigenvalue weighted by atomic mass is 16.5. The van der Waals surface area contributed by atoms with Crippen LogP contribution in [0.1, 0.15) is 66.0 Å². The lowest BCUT2D eigenvalue weighted by atomic mass is 9.86. The van der Waals surface area contributed by atoms with Crippen LogP contribution < -0.4 is 14.0 Å². The van der Waals surface area contributed by atoms with Crippen LogP contribution in [0.5, 0.6) is 11.5 Å². The first-order valence-corrected chi connectivity index (χ1v) is 13.4. The first kappa shape index (κ1) is 23.9. The molecule has 0 aliphatic carbocycles. The van der Waals surface area contributed by atoms with Crippen molar-refractivity contribution in [2.45, 2.75) is 60.3 Å². The lowest BCUT2D eigenvalue weighted by Gasteiger charge is -2.32. The van der Waals surface area contributed by atoms with Crippen LogP contribution in [0.2, 0.25) is 0 Å². The fourth-order valence-electron chi connectivity index (χ4n) is 5.89. The van der Waals surface area contributed by atoms with Crippen molar-refractivity contribution in [1.29, 1.82) is 0 Å². The molecular formula is C34H38N2O+2. The van der Waals surface area contributed by atoms with Crippen molar-refractivity contribution in [3.05, 3.63) is 95.7 Å². The molecule has 2 aromatic carbocycles. The Labute approximate surface area is 221 Å². The lowest BCUT2D eigenvalue weighted by Crippen LogP contribution is -2.68. The topological polar surface area (TPSA) is 13.1 Å². The molecule has 4 heterocycles. The Morgan fingerprint density at radius 2 is 1.57 bits per heavy atom. The third-order valence-corrected chi connectivity index (χ3v) is 8.49. The molecular weight excluding hydrogens is 452 g/mol. The molecule has 0 radical (unpaired) electrons. The van der Waals surface area contributed by atoms with Gasteiger partial charge in [0.15, 0.2) is 11.5 Å². The Hall–Kier alpha value is -3.43. The first-order valence-electron chi connectivity index (χ1n) is 13.4. The van der Waals surface area contributed by atoms with E-state index >= 15 is 0 Å². The van der Waals surface area contributed by atoms with E-state index in [1.165, 1.54) is 50.5 Å². The number of nitrogens with zero attached hydrogens (tertiary/aromatic N) is 2. The highest BCUT2D eigenvalue weighted by molar-refractivity contribution is 5.95. The Kier molecular flexibility index (Phi) is 5.04. The Balaban J connectivity index is 1.69. The number of quaternary nitrogens is 1. The van der Waals surface area contributed by atoms with E-state index in [0.717, 1.165) is 24.5 Å². The molecule has 37 heavy (non-hydrogen) atoms. The average molecular weight is 491 g/mol. The number of hydrogen-bond donors (Lipinski definition) is 0. The molecule has 1 atom stereocenters. The van der Waals surface area contributed by atoms with Gasteiger partial charge in [-0.1, -0.05) is 78.0 Å². The molecule has 0 N–H and O–H groups in total. The van der Waals surface area contributed by atoms with Crippen LogP contribution in [-0.2, 0) is 5.41 Å². The van der Waals surface area contributed by atoms with E-state index in [9.17, 15) is 0 Å². The minimum absolute atomic E-state index is 0.0440. The van der Waals surface area contributed by atoms with Gasteiger partial charge in [-0.05, 0) is 68.5 Å². The molecule has 3 aromatic rings. The zero-order valence-electron chi connectivity index (χ0n) is 23.3. The molecule has 0 bridgehead atoms. The van der Waals surface area contributed by atoms with Crippen molar-refractivity contribution < 1.29 is 9.41 Å². The van der Waals surface area contributed by atoms with E-state index in [1.807, 2.05) is 0 Å². The molecule has 0 saturated carbocycles. The number of benzene rings is 2. The van der Waals surface area contributed by atoms with Crippen LogP contribution in [0, 0.1) is 5.41 Å². The molecule has 1 spiro atoms. The maximum Gasteiger partial charge on any atom is 0.279 e. The van der Waals surface area contributed by atoms with Crippen LogP contribution in [0.3, 0.4) is 0 Å². The number of fused-ring (bicyclic) bond motifs is 2. The maximum absolute atomic E-state index is 6.66. The number of ether oxygens (including phenoxy) is 1. The fourth-order valence-corrected chi connectivity index (χ4v) is 5.89. The van der Waals surface area contributed by atoms with Gasteiger partial charge in [0.25, 0.3) is 11.4 Å². The average Bonchev–Trinajstić information content (AvgIpc) is 3.05. The van der Waals surface area contributed by atoms with E-state index in [-0.39, 0.29) is 10.8 Å². The van der Waals surface area contributed by atoms with Crippen LogP contribution in [0.15, 0.2) is 84.6 Å². The Bertz CT molecular complexity index is 1540. The van der Waals surface area contributed by atoms with Gasteiger partial charge in [-0.25, -0.2) is 0 Å². The van der Waals surface area contributed by atoms with Crippen LogP contribution in [0.25, 0.3) is 16.8 Å². The van der Waals surface area contributed by atoms with Gasteiger partial charge in [-0.15, -0.1) is 0 Å². The first-order chi connectivity index (χ1) is 17.4. The third-order valence-electron chi connectivity index (χ3n) is 8.49. The maximum atomic E-state index is 6.66. The lowest BCUT2D eigenvalue weighted by molar-refractivity contribution is -0.780. The minimum atomic E-state index is 0.0440. The number of pyridine rings is 1. The summed E-state index contributed by atoms with van der Waals surface area (Å²) in [5.41, 5.74) is 11.4. The van der Waals surface area contributed by atoms with Crippen molar-refractivity contribution in [1.82, 2.24) is 4.59 Å². The second-order valence-electron chi connectivity index (χ2n) is 12.8. The number of aromatic nitrogens is 1. The molecule has 1 aromatic heterocycles. The molecule has 3 aliphatic heterocycles. The van der Waals surface area contributed by atoms with Gasteiger partial charge in [0, 0.05) is 18.1 Å². The second kappa shape index (κ2) is 7.79. The molecule has 6 rings (SSSR count). The second-order valence-corrected chi connectivity index (χ2v) is 12.8. The van der Waals surface area contributed by atoms with Crippen molar-refractivity contribution in [2.75, 3.05) is 6.54 Å². The zero-order chi connectivity index (χ0) is 26.3.